The predicted octanol–water partition coefficient (Wildman–Crippen LogP) is 2.87. The predicted molar refractivity (Wildman–Crippen MR) is 119 cm³/mol. The van der Waals surface area contributed by atoms with E-state index in [9.17, 15) is 19.2 Å². The summed E-state index contributed by atoms with van der Waals surface area (Å²) < 4.78 is 15.9. The lowest BCUT2D eigenvalue weighted by molar-refractivity contribution is -0.173. The van der Waals surface area contributed by atoms with Gasteiger partial charge in [-0.3, -0.25) is 14.4 Å². The topological polar surface area (TPSA) is 122 Å². The normalized spacial score (nSPS) is 20.5. The summed E-state index contributed by atoms with van der Waals surface area (Å²) in [5.41, 5.74) is 5.16. The second kappa shape index (κ2) is 12.2. The van der Waals surface area contributed by atoms with Crippen molar-refractivity contribution in [3.63, 3.8) is 0 Å². The molecule has 1 rings (SSSR count). The third-order valence-electron chi connectivity index (χ3n) is 5.57. The zero-order valence-corrected chi connectivity index (χ0v) is 19.4. The molecule has 8 heteroatoms. The summed E-state index contributed by atoms with van der Waals surface area (Å²) in [4.78, 5) is 48.8. The number of esters is 3. The Kier molecular flexibility index (Phi) is 10.4. The molecule has 1 aliphatic carbocycles. The maximum absolute atomic E-state index is 12.9. The van der Waals surface area contributed by atoms with Crippen LogP contribution in [0.3, 0.4) is 0 Å². The van der Waals surface area contributed by atoms with Crippen molar-refractivity contribution in [2.24, 2.45) is 28.9 Å². The Morgan fingerprint density at radius 1 is 1.12 bits per heavy atom. The highest BCUT2D eigenvalue weighted by atomic mass is 16.6. The van der Waals surface area contributed by atoms with Gasteiger partial charge in [-0.2, -0.15) is 0 Å². The SMILES string of the molecule is C=CC(=O)OCC(COC(=O)C(C)(CC(C)C)C(=C)C)OC(=O)C1CC=CCC1C(N)=O. The van der Waals surface area contributed by atoms with Crippen LogP contribution in [0.1, 0.15) is 47.0 Å². The number of ether oxygens (including phenoxy) is 3. The molecule has 0 saturated carbocycles. The molecule has 4 atom stereocenters. The fourth-order valence-electron chi connectivity index (χ4n) is 3.57. The van der Waals surface area contributed by atoms with Gasteiger partial charge in [0.2, 0.25) is 5.91 Å². The molecular formula is C24H35NO7. The number of carbonyl (C=O) groups excluding carboxylic acids is 4. The molecule has 0 aromatic carbocycles. The molecule has 0 aliphatic heterocycles. The van der Waals surface area contributed by atoms with Gasteiger partial charge in [-0.15, -0.1) is 0 Å². The minimum Gasteiger partial charge on any atom is -0.461 e. The molecule has 0 aromatic heterocycles. The van der Waals surface area contributed by atoms with E-state index >= 15 is 0 Å². The van der Waals surface area contributed by atoms with Crippen molar-refractivity contribution in [3.05, 3.63) is 37.0 Å². The van der Waals surface area contributed by atoms with Crippen molar-refractivity contribution in [2.45, 2.75) is 53.1 Å². The number of rotatable bonds is 12. The van der Waals surface area contributed by atoms with Crippen LogP contribution in [0.2, 0.25) is 0 Å². The van der Waals surface area contributed by atoms with Crippen molar-refractivity contribution in [1.82, 2.24) is 0 Å². The number of allylic oxidation sites excluding steroid dienone is 2. The Bertz CT molecular complexity index is 770. The van der Waals surface area contributed by atoms with Crippen molar-refractivity contribution >= 4 is 23.8 Å². The first-order chi connectivity index (χ1) is 14.9. The number of hydrogen-bond donors (Lipinski definition) is 1. The average molecular weight is 450 g/mol. The van der Waals surface area contributed by atoms with Crippen molar-refractivity contribution in [2.75, 3.05) is 13.2 Å². The monoisotopic (exact) mass is 449 g/mol. The van der Waals surface area contributed by atoms with Crippen LogP contribution >= 0.6 is 0 Å². The first-order valence-corrected chi connectivity index (χ1v) is 10.7. The molecule has 0 aromatic rings. The van der Waals surface area contributed by atoms with E-state index in [1.165, 1.54) is 0 Å². The summed E-state index contributed by atoms with van der Waals surface area (Å²) in [6.45, 7) is 14.1. The van der Waals surface area contributed by atoms with Crippen LogP contribution < -0.4 is 5.73 Å². The zero-order chi connectivity index (χ0) is 24.5. The molecule has 0 saturated heterocycles. The lowest BCUT2D eigenvalue weighted by Gasteiger charge is -2.31. The Balaban J connectivity index is 2.93. The molecule has 178 valence electrons. The molecule has 1 aliphatic rings. The van der Waals surface area contributed by atoms with Crippen LogP contribution in [0.5, 0.6) is 0 Å². The molecule has 0 spiro atoms. The number of amides is 1. The summed E-state index contributed by atoms with van der Waals surface area (Å²) in [6.07, 6.45) is 4.66. The van der Waals surface area contributed by atoms with Gasteiger partial charge >= 0.3 is 17.9 Å². The molecule has 0 heterocycles. The van der Waals surface area contributed by atoms with Gasteiger partial charge in [-0.1, -0.05) is 44.7 Å². The minimum absolute atomic E-state index is 0.219. The molecule has 0 fully saturated rings. The van der Waals surface area contributed by atoms with Crippen LogP contribution in [0.15, 0.2) is 37.0 Å². The lowest BCUT2D eigenvalue weighted by atomic mass is 9.77. The highest BCUT2D eigenvalue weighted by molar-refractivity contribution is 5.85. The van der Waals surface area contributed by atoms with Crippen molar-refractivity contribution in [1.29, 1.82) is 0 Å². The molecule has 4 unspecified atom stereocenters. The van der Waals surface area contributed by atoms with E-state index in [1.807, 2.05) is 13.8 Å². The smallest absolute Gasteiger partial charge is 0.330 e. The largest absolute Gasteiger partial charge is 0.461 e. The van der Waals surface area contributed by atoms with Gasteiger partial charge in [0.15, 0.2) is 6.10 Å². The summed E-state index contributed by atoms with van der Waals surface area (Å²) in [6, 6.07) is 0. The fraction of sp³-hybridized carbons (Fsp3) is 0.583. The molecule has 0 radical (unpaired) electrons. The Morgan fingerprint density at radius 3 is 2.19 bits per heavy atom. The van der Waals surface area contributed by atoms with E-state index in [4.69, 9.17) is 19.9 Å². The molecule has 0 bridgehead atoms. The quantitative estimate of drug-likeness (QED) is 0.210. The summed E-state index contributed by atoms with van der Waals surface area (Å²) in [7, 11) is 0. The molecule has 1 amide bonds. The standard InChI is InChI=1S/C24H35NO7/c1-7-20(26)30-13-17(14-31-23(29)24(6,16(4)5)12-15(2)3)32-22(28)19-11-9-8-10-18(19)21(25)27/h7-9,15,17-19H,1,4,10-14H2,2-3,5-6H3,(H2,25,27). The maximum atomic E-state index is 12.9. The molecule has 32 heavy (non-hydrogen) atoms. The molecular weight excluding hydrogens is 414 g/mol. The third kappa shape index (κ3) is 7.66. The van der Waals surface area contributed by atoms with Gasteiger partial charge in [-0.05, 0) is 39.0 Å². The van der Waals surface area contributed by atoms with E-state index in [1.54, 1.807) is 26.0 Å². The van der Waals surface area contributed by atoms with Gasteiger partial charge in [0.25, 0.3) is 0 Å². The van der Waals surface area contributed by atoms with Crippen LogP contribution in [0, 0.1) is 23.2 Å². The second-order valence-electron chi connectivity index (χ2n) is 8.76. The Labute approximate surface area is 189 Å². The third-order valence-corrected chi connectivity index (χ3v) is 5.57. The number of carbonyl (C=O) groups is 4. The first-order valence-electron chi connectivity index (χ1n) is 10.7. The van der Waals surface area contributed by atoms with Gasteiger partial charge in [0, 0.05) is 6.08 Å². The van der Waals surface area contributed by atoms with Crippen molar-refractivity contribution < 1.29 is 33.4 Å². The van der Waals surface area contributed by atoms with Crippen LogP contribution in [-0.2, 0) is 33.4 Å². The van der Waals surface area contributed by atoms with Gasteiger partial charge < -0.3 is 19.9 Å². The summed E-state index contributed by atoms with van der Waals surface area (Å²) in [5, 5.41) is 0. The second-order valence-corrected chi connectivity index (χ2v) is 8.76. The van der Waals surface area contributed by atoms with Gasteiger partial charge in [0.1, 0.15) is 13.2 Å². The fourth-order valence-corrected chi connectivity index (χ4v) is 3.57. The summed E-state index contributed by atoms with van der Waals surface area (Å²) >= 11 is 0. The van der Waals surface area contributed by atoms with E-state index < -0.39 is 47.2 Å². The van der Waals surface area contributed by atoms with Crippen LogP contribution in [-0.4, -0.2) is 43.1 Å². The number of hydrogen-bond acceptors (Lipinski definition) is 7. The number of primary amides is 1. The molecule has 8 nitrogen and oxygen atoms in total. The van der Waals surface area contributed by atoms with Gasteiger partial charge in [0.05, 0.1) is 17.3 Å². The van der Waals surface area contributed by atoms with Crippen LogP contribution in [0.4, 0.5) is 0 Å². The average Bonchev–Trinajstić information content (AvgIpc) is 2.73. The Morgan fingerprint density at radius 2 is 1.69 bits per heavy atom. The zero-order valence-electron chi connectivity index (χ0n) is 19.4. The highest BCUT2D eigenvalue weighted by Gasteiger charge is 2.38. The van der Waals surface area contributed by atoms with E-state index in [0.717, 1.165) is 6.08 Å². The Hall–Kier alpha value is -2.90. The summed E-state index contributed by atoms with van der Waals surface area (Å²) in [5.74, 6) is -3.71. The molecule has 2 N–H and O–H groups in total. The first kappa shape index (κ1) is 27.1. The van der Waals surface area contributed by atoms with Crippen molar-refractivity contribution in [3.8, 4) is 0 Å². The maximum Gasteiger partial charge on any atom is 0.330 e. The van der Waals surface area contributed by atoms with E-state index in [-0.39, 0.29) is 19.1 Å². The highest BCUT2D eigenvalue weighted by Crippen LogP contribution is 2.34. The lowest BCUT2D eigenvalue weighted by Crippen LogP contribution is -2.40. The van der Waals surface area contributed by atoms with Crippen LogP contribution in [0.25, 0.3) is 0 Å². The van der Waals surface area contributed by atoms with E-state index in [2.05, 4.69) is 13.2 Å². The van der Waals surface area contributed by atoms with Gasteiger partial charge in [-0.25, -0.2) is 4.79 Å². The number of nitrogens with two attached hydrogens (primary N) is 1. The van der Waals surface area contributed by atoms with E-state index in [0.29, 0.717) is 24.8 Å². The minimum atomic E-state index is -1.05.